The van der Waals surface area contributed by atoms with Crippen molar-refractivity contribution in [2.24, 2.45) is 5.92 Å². The molecule has 0 aliphatic carbocycles. The van der Waals surface area contributed by atoms with Gasteiger partial charge in [0.25, 0.3) is 0 Å². The van der Waals surface area contributed by atoms with Crippen LogP contribution in [-0.2, 0) is 14.8 Å². The number of carbonyl (C=O) groups is 1. The van der Waals surface area contributed by atoms with E-state index >= 15 is 0 Å². The van der Waals surface area contributed by atoms with Crippen molar-refractivity contribution in [1.29, 1.82) is 0 Å². The molecule has 0 aromatic heterocycles. The Morgan fingerprint density at radius 2 is 1.57 bits per heavy atom. The first kappa shape index (κ1) is 19.4. The first-order chi connectivity index (χ1) is 13.6. The van der Waals surface area contributed by atoms with Crippen LogP contribution in [0, 0.1) is 5.92 Å². The highest BCUT2D eigenvalue weighted by atomic mass is 32.2. The summed E-state index contributed by atoms with van der Waals surface area (Å²) in [7, 11) is -3.60. The molecule has 2 aromatic rings. The van der Waals surface area contributed by atoms with Crippen LogP contribution in [0.15, 0.2) is 47.4 Å². The molecule has 1 atom stereocenters. The smallest absolute Gasteiger partial charge is 0.243 e. The minimum absolute atomic E-state index is 0.139. The number of likely N-dealkylation sites (tertiary alicyclic amines) is 1. The molecule has 0 N–H and O–H groups in total. The van der Waals surface area contributed by atoms with Gasteiger partial charge in [0.15, 0.2) is 0 Å². The maximum absolute atomic E-state index is 13.2. The Morgan fingerprint density at radius 1 is 0.857 bits per heavy atom. The summed E-state index contributed by atoms with van der Waals surface area (Å²) in [4.78, 5) is 15.3. The maximum Gasteiger partial charge on any atom is 0.243 e. The average Bonchev–Trinajstić information content (AvgIpc) is 3.02. The normalized spacial score (nSPS) is 22.1. The van der Waals surface area contributed by atoms with E-state index in [1.165, 1.54) is 17.1 Å². The molecule has 0 unspecified atom stereocenters. The molecular formula is C22H28N2O3S. The predicted octanol–water partition coefficient (Wildman–Crippen LogP) is 3.64. The third kappa shape index (κ3) is 3.94. The van der Waals surface area contributed by atoms with Gasteiger partial charge in [-0.2, -0.15) is 4.31 Å². The lowest BCUT2D eigenvalue weighted by molar-refractivity contribution is -0.136. The maximum atomic E-state index is 13.2. The van der Waals surface area contributed by atoms with E-state index in [1.807, 2.05) is 35.2 Å². The van der Waals surface area contributed by atoms with Gasteiger partial charge in [-0.05, 0) is 48.6 Å². The van der Waals surface area contributed by atoms with Gasteiger partial charge in [0.2, 0.25) is 15.9 Å². The molecule has 150 valence electrons. The second kappa shape index (κ2) is 8.21. The van der Waals surface area contributed by atoms with E-state index in [-0.39, 0.29) is 11.8 Å². The van der Waals surface area contributed by atoms with Crippen LogP contribution < -0.4 is 0 Å². The van der Waals surface area contributed by atoms with Crippen LogP contribution in [0.4, 0.5) is 0 Å². The van der Waals surface area contributed by atoms with Crippen LogP contribution in [0.1, 0.15) is 38.5 Å². The van der Waals surface area contributed by atoms with Crippen molar-refractivity contribution >= 4 is 26.7 Å². The van der Waals surface area contributed by atoms with E-state index in [9.17, 15) is 13.2 Å². The number of sulfonamides is 1. The standard InChI is InChI=1S/C22H28N2O3S/c25-22(23-13-5-1-2-6-14-23)20-10-7-15-24(17-20)28(26,27)21-12-11-18-8-3-4-9-19(18)16-21/h3-4,8-9,11-12,16,20H,1-2,5-7,10,13-15,17H2/t20-/m1/s1. The summed E-state index contributed by atoms with van der Waals surface area (Å²) in [6.07, 6.45) is 5.97. The number of fused-ring (bicyclic) bond motifs is 1. The van der Waals surface area contributed by atoms with E-state index < -0.39 is 10.0 Å². The number of rotatable bonds is 3. The summed E-state index contributed by atoms with van der Waals surface area (Å²) < 4.78 is 28.0. The average molecular weight is 401 g/mol. The highest BCUT2D eigenvalue weighted by Crippen LogP contribution is 2.27. The Bertz CT molecular complexity index is 949. The molecule has 0 spiro atoms. The third-order valence-corrected chi connectivity index (χ3v) is 7.87. The van der Waals surface area contributed by atoms with Gasteiger partial charge in [0.05, 0.1) is 10.8 Å². The van der Waals surface area contributed by atoms with Gasteiger partial charge < -0.3 is 4.90 Å². The van der Waals surface area contributed by atoms with Crippen molar-refractivity contribution in [3.63, 3.8) is 0 Å². The zero-order valence-electron chi connectivity index (χ0n) is 16.2. The molecule has 1 amide bonds. The Kier molecular flexibility index (Phi) is 5.69. The van der Waals surface area contributed by atoms with Crippen molar-refractivity contribution in [3.05, 3.63) is 42.5 Å². The lowest BCUT2D eigenvalue weighted by Crippen LogP contribution is -2.46. The number of benzene rings is 2. The topological polar surface area (TPSA) is 57.7 Å². The summed E-state index contributed by atoms with van der Waals surface area (Å²) >= 11 is 0. The number of amides is 1. The van der Waals surface area contributed by atoms with Gasteiger partial charge in [-0.3, -0.25) is 4.79 Å². The minimum Gasteiger partial charge on any atom is -0.342 e. The molecule has 2 heterocycles. The first-order valence-electron chi connectivity index (χ1n) is 10.3. The molecule has 4 rings (SSSR count). The molecule has 0 saturated carbocycles. The van der Waals surface area contributed by atoms with Gasteiger partial charge in [0, 0.05) is 26.2 Å². The summed E-state index contributed by atoms with van der Waals surface area (Å²) in [6.45, 7) is 2.41. The van der Waals surface area contributed by atoms with Crippen molar-refractivity contribution in [1.82, 2.24) is 9.21 Å². The quantitative estimate of drug-likeness (QED) is 0.790. The van der Waals surface area contributed by atoms with Crippen molar-refractivity contribution in [2.75, 3.05) is 26.2 Å². The second-order valence-corrected chi connectivity index (χ2v) is 9.89. The van der Waals surface area contributed by atoms with Crippen LogP contribution in [0.2, 0.25) is 0 Å². The summed E-state index contributed by atoms with van der Waals surface area (Å²) in [5.74, 6) is -0.0811. The summed E-state index contributed by atoms with van der Waals surface area (Å²) in [5, 5.41) is 1.94. The first-order valence-corrected chi connectivity index (χ1v) is 11.8. The molecule has 2 aliphatic heterocycles. The second-order valence-electron chi connectivity index (χ2n) is 7.95. The molecule has 0 radical (unpaired) electrons. The van der Waals surface area contributed by atoms with Gasteiger partial charge >= 0.3 is 0 Å². The predicted molar refractivity (Wildman–Crippen MR) is 110 cm³/mol. The van der Waals surface area contributed by atoms with Crippen molar-refractivity contribution in [3.8, 4) is 0 Å². The minimum atomic E-state index is -3.60. The largest absolute Gasteiger partial charge is 0.342 e. The fraction of sp³-hybridized carbons (Fsp3) is 0.500. The van der Waals surface area contributed by atoms with Crippen molar-refractivity contribution in [2.45, 2.75) is 43.4 Å². The molecule has 5 nitrogen and oxygen atoms in total. The van der Waals surface area contributed by atoms with E-state index in [0.717, 1.165) is 49.5 Å². The van der Waals surface area contributed by atoms with Crippen LogP contribution >= 0.6 is 0 Å². The van der Waals surface area contributed by atoms with Gasteiger partial charge in [-0.1, -0.05) is 43.2 Å². The van der Waals surface area contributed by atoms with Crippen molar-refractivity contribution < 1.29 is 13.2 Å². The monoisotopic (exact) mass is 400 g/mol. The van der Waals surface area contributed by atoms with Gasteiger partial charge in [0.1, 0.15) is 0 Å². The number of piperidine rings is 1. The zero-order valence-corrected chi connectivity index (χ0v) is 17.0. The molecule has 28 heavy (non-hydrogen) atoms. The zero-order chi connectivity index (χ0) is 19.6. The van der Waals surface area contributed by atoms with Crippen LogP contribution in [0.3, 0.4) is 0 Å². The number of hydrogen-bond acceptors (Lipinski definition) is 3. The molecule has 2 saturated heterocycles. The molecule has 2 aromatic carbocycles. The number of nitrogens with zero attached hydrogens (tertiary/aromatic N) is 2. The van der Waals surface area contributed by atoms with Crippen LogP contribution in [0.5, 0.6) is 0 Å². The Balaban J connectivity index is 1.53. The summed E-state index contributed by atoms with van der Waals surface area (Å²) in [5.41, 5.74) is 0. The van der Waals surface area contributed by atoms with E-state index in [0.29, 0.717) is 18.0 Å². The van der Waals surface area contributed by atoms with E-state index in [1.54, 1.807) is 12.1 Å². The van der Waals surface area contributed by atoms with Crippen LogP contribution in [0.25, 0.3) is 10.8 Å². The van der Waals surface area contributed by atoms with Gasteiger partial charge in [-0.15, -0.1) is 0 Å². The van der Waals surface area contributed by atoms with Crippen LogP contribution in [-0.4, -0.2) is 49.7 Å². The third-order valence-electron chi connectivity index (χ3n) is 6.01. The Hall–Kier alpha value is -1.92. The lowest BCUT2D eigenvalue weighted by atomic mass is 9.98. The molecule has 2 fully saturated rings. The SMILES string of the molecule is O=C([C@@H]1CCCN(S(=O)(=O)c2ccc3ccccc3c2)C1)N1CCCCCC1. The fourth-order valence-corrected chi connectivity index (χ4v) is 5.95. The summed E-state index contributed by atoms with van der Waals surface area (Å²) in [6, 6.07) is 13.0. The molecule has 2 aliphatic rings. The van der Waals surface area contributed by atoms with E-state index in [2.05, 4.69) is 0 Å². The van der Waals surface area contributed by atoms with Gasteiger partial charge in [-0.25, -0.2) is 8.42 Å². The highest BCUT2D eigenvalue weighted by molar-refractivity contribution is 7.89. The lowest BCUT2D eigenvalue weighted by Gasteiger charge is -2.34. The Morgan fingerprint density at radius 3 is 2.32 bits per heavy atom. The molecule has 0 bridgehead atoms. The Labute approximate surface area is 167 Å². The highest BCUT2D eigenvalue weighted by Gasteiger charge is 2.35. The molecular weight excluding hydrogens is 372 g/mol. The molecule has 6 heteroatoms. The number of hydrogen-bond donors (Lipinski definition) is 0. The fourth-order valence-electron chi connectivity index (χ4n) is 4.39. The number of carbonyl (C=O) groups excluding carboxylic acids is 1. The van der Waals surface area contributed by atoms with E-state index in [4.69, 9.17) is 0 Å².